The number of aliphatic hydroxyl groups is 1. The average Bonchev–Trinajstić information content (AvgIpc) is 2.24. The molecule has 4 heteroatoms. The molecule has 4 nitrogen and oxygen atoms in total. The van der Waals surface area contributed by atoms with Crippen molar-refractivity contribution in [1.29, 1.82) is 0 Å². The molecule has 0 radical (unpaired) electrons. The minimum Gasteiger partial charge on any atom is -0.503 e. The molecule has 1 aromatic rings. The molecule has 0 fully saturated rings. The maximum absolute atomic E-state index is 11.2. The van der Waals surface area contributed by atoms with E-state index in [1.807, 2.05) is 11.5 Å². The SMILES string of the molecule is CCc1c(O)c(=O)ccn1CCCCO. The summed E-state index contributed by atoms with van der Waals surface area (Å²) in [6.45, 7) is 2.79. The Balaban J connectivity index is 2.87. The molecule has 1 heterocycles. The Morgan fingerprint density at radius 2 is 2.13 bits per heavy atom. The van der Waals surface area contributed by atoms with Crippen molar-refractivity contribution in [2.75, 3.05) is 6.61 Å². The number of aryl methyl sites for hydroxylation is 1. The van der Waals surface area contributed by atoms with Crippen molar-refractivity contribution in [3.8, 4) is 5.75 Å². The maximum Gasteiger partial charge on any atom is 0.223 e. The molecule has 0 amide bonds. The third-order valence-electron chi connectivity index (χ3n) is 2.40. The average molecular weight is 211 g/mol. The summed E-state index contributed by atoms with van der Waals surface area (Å²) in [6.07, 6.45) is 3.89. The third kappa shape index (κ3) is 2.83. The van der Waals surface area contributed by atoms with E-state index < -0.39 is 0 Å². The Kier molecular flexibility index (Phi) is 4.37. The van der Waals surface area contributed by atoms with Gasteiger partial charge in [-0.3, -0.25) is 4.79 Å². The zero-order chi connectivity index (χ0) is 11.3. The minimum absolute atomic E-state index is 0.149. The first-order chi connectivity index (χ1) is 7.20. The second-order valence-electron chi connectivity index (χ2n) is 3.45. The minimum atomic E-state index is -0.328. The highest BCUT2D eigenvalue weighted by Crippen LogP contribution is 2.12. The van der Waals surface area contributed by atoms with E-state index in [4.69, 9.17) is 5.11 Å². The molecule has 15 heavy (non-hydrogen) atoms. The van der Waals surface area contributed by atoms with Crippen molar-refractivity contribution in [2.24, 2.45) is 0 Å². The number of aromatic nitrogens is 1. The topological polar surface area (TPSA) is 62.5 Å². The molecule has 0 spiro atoms. The largest absolute Gasteiger partial charge is 0.503 e. The smallest absolute Gasteiger partial charge is 0.223 e. The molecule has 0 aromatic carbocycles. The number of aromatic hydroxyl groups is 1. The summed E-state index contributed by atoms with van der Waals surface area (Å²) in [5.74, 6) is -0.149. The van der Waals surface area contributed by atoms with Crippen molar-refractivity contribution >= 4 is 0 Å². The van der Waals surface area contributed by atoms with E-state index in [1.165, 1.54) is 6.07 Å². The van der Waals surface area contributed by atoms with Crippen LogP contribution in [0.4, 0.5) is 0 Å². The lowest BCUT2D eigenvalue weighted by molar-refractivity contribution is 0.280. The van der Waals surface area contributed by atoms with Gasteiger partial charge < -0.3 is 14.8 Å². The quantitative estimate of drug-likeness (QED) is 0.711. The number of unbranched alkanes of at least 4 members (excludes halogenated alkanes) is 1. The van der Waals surface area contributed by atoms with Crippen molar-refractivity contribution < 1.29 is 10.2 Å². The standard InChI is InChI=1S/C11H17NO3/c1-2-9-11(15)10(14)5-7-12(9)6-3-4-8-13/h5,7,13,15H,2-4,6,8H2,1H3. The Bertz CT molecular complexity index is 371. The predicted octanol–water partition coefficient (Wildman–Crippen LogP) is 0.889. The number of hydrogen-bond donors (Lipinski definition) is 2. The van der Waals surface area contributed by atoms with Gasteiger partial charge in [0, 0.05) is 25.4 Å². The van der Waals surface area contributed by atoms with E-state index in [1.54, 1.807) is 6.20 Å². The van der Waals surface area contributed by atoms with Gasteiger partial charge in [-0.2, -0.15) is 0 Å². The number of rotatable bonds is 5. The van der Waals surface area contributed by atoms with E-state index in [0.717, 1.165) is 19.4 Å². The van der Waals surface area contributed by atoms with Crippen LogP contribution in [-0.4, -0.2) is 21.4 Å². The lowest BCUT2D eigenvalue weighted by Crippen LogP contribution is -2.12. The molecule has 0 saturated heterocycles. The number of hydrogen-bond acceptors (Lipinski definition) is 3. The van der Waals surface area contributed by atoms with Crippen molar-refractivity contribution in [2.45, 2.75) is 32.7 Å². The molecule has 0 aliphatic heterocycles. The van der Waals surface area contributed by atoms with Gasteiger partial charge in [-0.05, 0) is 19.3 Å². The highest BCUT2D eigenvalue weighted by atomic mass is 16.3. The molecule has 0 saturated carbocycles. The fourth-order valence-electron chi connectivity index (χ4n) is 1.58. The molecular formula is C11H17NO3. The summed E-state index contributed by atoms with van der Waals surface area (Å²) in [6, 6.07) is 1.37. The van der Waals surface area contributed by atoms with Crippen molar-refractivity contribution in [1.82, 2.24) is 4.57 Å². The Morgan fingerprint density at radius 1 is 1.40 bits per heavy atom. The highest BCUT2D eigenvalue weighted by molar-refractivity contribution is 5.26. The Morgan fingerprint density at radius 3 is 2.73 bits per heavy atom. The predicted molar refractivity (Wildman–Crippen MR) is 58.1 cm³/mol. The van der Waals surface area contributed by atoms with Crippen LogP contribution in [0.25, 0.3) is 0 Å². The van der Waals surface area contributed by atoms with Crippen LogP contribution in [0.1, 0.15) is 25.5 Å². The second-order valence-corrected chi connectivity index (χ2v) is 3.45. The molecule has 0 aliphatic rings. The van der Waals surface area contributed by atoms with Gasteiger partial charge in [0.2, 0.25) is 5.43 Å². The number of pyridine rings is 1. The van der Waals surface area contributed by atoms with Crippen LogP contribution in [0.2, 0.25) is 0 Å². The molecule has 0 aliphatic carbocycles. The van der Waals surface area contributed by atoms with Gasteiger partial charge in [0.1, 0.15) is 0 Å². The number of aliphatic hydroxyl groups excluding tert-OH is 1. The molecule has 2 N–H and O–H groups in total. The van der Waals surface area contributed by atoms with Gasteiger partial charge >= 0.3 is 0 Å². The lowest BCUT2D eigenvalue weighted by atomic mass is 10.2. The highest BCUT2D eigenvalue weighted by Gasteiger charge is 2.07. The lowest BCUT2D eigenvalue weighted by Gasteiger charge is -2.12. The summed E-state index contributed by atoms with van der Waals surface area (Å²) in [5.41, 5.74) is 0.339. The van der Waals surface area contributed by atoms with E-state index in [2.05, 4.69) is 0 Å². The van der Waals surface area contributed by atoms with Crippen LogP contribution in [0, 0.1) is 0 Å². The van der Waals surface area contributed by atoms with Crippen LogP contribution in [0.3, 0.4) is 0 Å². The van der Waals surface area contributed by atoms with Crippen LogP contribution in [-0.2, 0) is 13.0 Å². The van der Waals surface area contributed by atoms with Gasteiger partial charge in [0.25, 0.3) is 0 Å². The molecule has 0 atom stereocenters. The summed E-state index contributed by atoms with van der Waals surface area (Å²) in [7, 11) is 0. The second kappa shape index (κ2) is 5.56. The fraction of sp³-hybridized carbons (Fsp3) is 0.545. The Hall–Kier alpha value is -1.29. The first-order valence-electron chi connectivity index (χ1n) is 5.22. The van der Waals surface area contributed by atoms with Gasteiger partial charge in [0.15, 0.2) is 5.75 Å². The van der Waals surface area contributed by atoms with E-state index >= 15 is 0 Å². The van der Waals surface area contributed by atoms with Gasteiger partial charge in [-0.1, -0.05) is 6.92 Å². The zero-order valence-electron chi connectivity index (χ0n) is 8.94. The zero-order valence-corrected chi connectivity index (χ0v) is 8.94. The van der Waals surface area contributed by atoms with Crippen molar-refractivity contribution in [3.63, 3.8) is 0 Å². The number of nitrogens with zero attached hydrogens (tertiary/aromatic N) is 1. The van der Waals surface area contributed by atoms with Crippen LogP contribution in [0.15, 0.2) is 17.1 Å². The van der Waals surface area contributed by atoms with Gasteiger partial charge in [-0.15, -0.1) is 0 Å². The van der Waals surface area contributed by atoms with Crippen molar-refractivity contribution in [3.05, 3.63) is 28.2 Å². The fourth-order valence-corrected chi connectivity index (χ4v) is 1.58. The van der Waals surface area contributed by atoms with Crippen LogP contribution >= 0.6 is 0 Å². The molecule has 1 aromatic heterocycles. The Labute approximate surface area is 88.8 Å². The molecule has 84 valence electrons. The monoisotopic (exact) mass is 211 g/mol. The van der Waals surface area contributed by atoms with Gasteiger partial charge in [-0.25, -0.2) is 0 Å². The van der Waals surface area contributed by atoms with E-state index in [-0.39, 0.29) is 17.8 Å². The first-order valence-corrected chi connectivity index (χ1v) is 5.22. The normalized spacial score (nSPS) is 10.5. The first kappa shape index (κ1) is 11.8. The third-order valence-corrected chi connectivity index (χ3v) is 2.40. The summed E-state index contributed by atoms with van der Waals surface area (Å²) < 4.78 is 1.87. The van der Waals surface area contributed by atoms with E-state index in [9.17, 15) is 9.90 Å². The molecule has 0 unspecified atom stereocenters. The van der Waals surface area contributed by atoms with Crippen LogP contribution < -0.4 is 5.43 Å². The van der Waals surface area contributed by atoms with E-state index in [0.29, 0.717) is 12.1 Å². The molecular weight excluding hydrogens is 194 g/mol. The summed E-state index contributed by atoms with van der Waals surface area (Å²) in [4.78, 5) is 11.2. The van der Waals surface area contributed by atoms with Gasteiger partial charge in [0.05, 0.1) is 5.69 Å². The molecule has 0 bridgehead atoms. The maximum atomic E-state index is 11.2. The van der Waals surface area contributed by atoms with Crippen LogP contribution in [0.5, 0.6) is 5.75 Å². The molecule has 1 rings (SSSR count). The summed E-state index contributed by atoms with van der Waals surface area (Å²) >= 11 is 0. The summed E-state index contributed by atoms with van der Waals surface area (Å²) in [5, 5.41) is 18.2.